The minimum atomic E-state index is 0. The van der Waals surface area contributed by atoms with Gasteiger partial charge in [0.15, 0.2) is 5.96 Å². The van der Waals surface area contributed by atoms with E-state index in [2.05, 4.69) is 27.4 Å². The summed E-state index contributed by atoms with van der Waals surface area (Å²) in [4.78, 5) is 11.6. The van der Waals surface area contributed by atoms with Gasteiger partial charge in [0.1, 0.15) is 5.76 Å². The molecule has 0 radical (unpaired) electrons. The van der Waals surface area contributed by atoms with Gasteiger partial charge in [-0.3, -0.25) is 9.89 Å². The highest BCUT2D eigenvalue weighted by Crippen LogP contribution is 2.20. The highest BCUT2D eigenvalue weighted by atomic mass is 127. The molecular formula is C18H34IN5O2. The fourth-order valence-electron chi connectivity index (χ4n) is 2.96. The van der Waals surface area contributed by atoms with Crippen LogP contribution in [0, 0.1) is 19.8 Å². The number of oxazole rings is 1. The van der Waals surface area contributed by atoms with Gasteiger partial charge in [-0.2, -0.15) is 0 Å². The largest absolute Gasteiger partial charge is 0.444 e. The summed E-state index contributed by atoms with van der Waals surface area (Å²) >= 11 is 0. The minimum Gasteiger partial charge on any atom is -0.444 e. The van der Waals surface area contributed by atoms with Crippen molar-refractivity contribution in [2.75, 3.05) is 46.4 Å². The first-order valence-electron chi connectivity index (χ1n) is 9.28. The van der Waals surface area contributed by atoms with Crippen LogP contribution in [0.1, 0.15) is 37.1 Å². The zero-order valence-electron chi connectivity index (χ0n) is 16.5. The maximum absolute atomic E-state index is 5.70. The standard InChI is InChI=1S/C18H33N5O2.HI/c1-5-19-18(20-8-11-24-4)21-12-16-6-9-23(10-7-16)13-17-22-14(2)15(3)25-17;/h16H,5-13H2,1-4H3,(H2,19,20,21);1H. The lowest BCUT2D eigenvalue weighted by molar-refractivity contribution is 0.166. The number of hydrogen-bond donors (Lipinski definition) is 2. The molecule has 2 heterocycles. The molecule has 1 saturated heterocycles. The molecular weight excluding hydrogens is 445 g/mol. The molecule has 0 unspecified atom stereocenters. The number of piperidine rings is 1. The first-order valence-corrected chi connectivity index (χ1v) is 9.28. The maximum atomic E-state index is 5.70. The van der Waals surface area contributed by atoms with E-state index in [1.54, 1.807) is 7.11 Å². The summed E-state index contributed by atoms with van der Waals surface area (Å²) in [7, 11) is 1.71. The average molecular weight is 479 g/mol. The van der Waals surface area contributed by atoms with Crippen LogP contribution in [0.3, 0.4) is 0 Å². The van der Waals surface area contributed by atoms with E-state index in [9.17, 15) is 0 Å². The van der Waals surface area contributed by atoms with E-state index in [0.29, 0.717) is 12.5 Å². The summed E-state index contributed by atoms with van der Waals surface area (Å²) in [6.07, 6.45) is 2.33. The van der Waals surface area contributed by atoms with E-state index in [4.69, 9.17) is 14.1 Å². The number of aromatic nitrogens is 1. The predicted molar refractivity (Wildman–Crippen MR) is 115 cm³/mol. The number of rotatable bonds is 8. The zero-order valence-corrected chi connectivity index (χ0v) is 18.8. The molecule has 0 bridgehead atoms. The summed E-state index contributed by atoms with van der Waals surface area (Å²) in [5, 5.41) is 6.58. The van der Waals surface area contributed by atoms with Crippen LogP contribution in [0.4, 0.5) is 0 Å². The number of halogens is 1. The molecule has 8 heteroatoms. The lowest BCUT2D eigenvalue weighted by Crippen LogP contribution is -2.40. The molecule has 1 aliphatic heterocycles. The molecule has 2 rings (SSSR count). The fraction of sp³-hybridized carbons (Fsp3) is 0.778. The van der Waals surface area contributed by atoms with Crippen molar-refractivity contribution in [2.45, 2.75) is 40.2 Å². The molecule has 1 aromatic heterocycles. The first kappa shape index (κ1) is 23.2. The lowest BCUT2D eigenvalue weighted by Gasteiger charge is -2.30. The predicted octanol–water partition coefficient (Wildman–Crippen LogP) is 2.32. The quantitative estimate of drug-likeness (QED) is 0.258. The van der Waals surface area contributed by atoms with E-state index in [0.717, 1.165) is 62.6 Å². The third kappa shape index (κ3) is 7.79. The zero-order chi connectivity index (χ0) is 18.1. The Hall–Kier alpha value is -0.870. The monoisotopic (exact) mass is 479 g/mol. The number of methoxy groups -OCH3 is 1. The Morgan fingerprint density at radius 1 is 1.31 bits per heavy atom. The number of aryl methyl sites for hydroxylation is 2. The van der Waals surface area contributed by atoms with Crippen LogP contribution in [-0.2, 0) is 11.3 Å². The Kier molecular flexibility index (Phi) is 11.1. The van der Waals surface area contributed by atoms with E-state index in [-0.39, 0.29) is 24.0 Å². The van der Waals surface area contributed by atoms with Crippen molar-refractivity contribution in [1.29, 1.82) is 0 Å². The highest BCUT2D eigenvalue weighted by Gasteiger charge is 2.20. The van der Waals surface area contributed by atoms with Gasteiger partial charge < -0.3 is 19.8 Å². The average Bonchev–Trinajstić information content (AvgIpc) is 2.91. The van der Waals surface area contributed by atoms with Gasteiger partial charge >= 0.3 is 0 Å². The Balaban J connectivity index is 0.00000338. The molecule has 7 nitrogen and oxygen atoms in total. The van der Waals surface area contributed by atoms with Gasteiger partial charge in [0.05, 0.1) is 18.8 Å². The van der Waals surface area contributed by atoms with Crippen LogP contribution in [0.2, 0.25) is 0 Å². The second-order valence-corrected chi connectivity index (χ2v) is 6.61. The molecule has 26 heavy (non-hydrogen) atoms. The van der Waals surface area contributed by atoms with Crippen molar-refractivity contribution in [3.8, 4) is 0 Å². The van der Waals surface area contributed by atoms with Crippen molar-refractivity contribution in [1.82, 2.24) is 20.5 Å². The van der Waals surface area contributed by atoms with E-state index < -0.39 is 0 Å². The molecule has 0 saturated carbocycles. The number of aliphatic imine (C=N–C) groups is 1. The third-order valence-electron chi connectivity index (χ3n) is 4.59. The van der Waals surface area contributed by atoms with Crippen LogP contribution in [0.25, 0.3) is 0 Å². The van der Waals surface area contributed by atoms with Crippen molar-refractivity contribution in [3.63, 3.8) is 0 Å². The van der Waals surface area contributed by atoms with Crippen LogP contribution in [-0.4, -0.2) is 62.3 Å². The number of ether oxygens (including phenoxy) is 1. The van der Waals surface area contributed by atoms with Gasteiger partial charge in [-0.15, -0.1) is 24.0 Å². The highest BCUT2D eigenvalue weighted by molar-refractivity contribution is 14.0. The van der Waals surface area contributed by atoms with Crippen LogP contribution < -0.4 is 10.6 Å². The summed E-state index contributed by atoms with van der Waals surface area (Å²) in [6.45, 7) is 12.2. The fourth-order valence-corrected chi connectivity index (χ4v) is 2.96. The molecule has 0 amide bonds. The van der Waals surface area contributed by atoms with E-state index >= 15 is 0 Å². The molecule has 0 atom stereocenters. The van der Waals surface area contributed by atoms with Crippen LogP contribution in [0.15, 0.2) is 9.41 Å². The number of guanidine groups is 1. The Bertz CT molecular complexity index is 522. The Morgan fingerprint density at radius 2 is 2.04 bits per heavy atom. The van der Waals surface area contributed by atoms with Crippen molar-refractivity contribution >= 4 is 29.9 Å². The maximum Gasteiger partial charge on any atom is 0.208 e. The number of likely N-dealkylation sites (tertiary alicyclic amines) is 1. The molecule has 2 N–H and O–H groups in total. The smallest absolute Gasteiger partial charge is 0.208 e. The second-order valence-electron chi connectivity index (χ2n) is 6.61. The van der Waals surface area contributed by atoms with Gasteiger partial charge in [0, 0.05) is 26.7 Å². The lowest BCUT2D eigenvalue weighted by atomic mass is 9.97. The van der Waals surface area contributed by atoms with Crippen molar-refractivity contribution in [3.05, 3.63) is 17.3 Å². The molecule has 1 fully saturated rings. The summed E-state index contributed by atoms with van der Waals surface area (Å²) < 4.78 is 10.8. The Morgan fingerprint density at radius 3 is 2.62 bits per heavy atom. The molecule has 150 valence electrons. The van der Waals surface area contributed by atoms with Gasteiger partial charge in [-0.1, -0.05) is 0 Å². The minimum absolute atomic E-state index is 0. The normalized spacial score (nSPS) is 16.4. The Labute approximate surface area is 174 Å². The summed E-state index contributed by atoms with van der Waals surface area (Å²) in [6, 6.07) is 0. The van der Waals surface area contributed by atoms with Gasteiger partial charge in [0.2, 0.25) is 5.89 Å². The van der Waals surface area contributed by atoms with Crippen molar-refractivity contribution < 1.29 is 9.15 Å². The topological polar surface area (TPSA) is 74.9 Å². The number of nitrogens with one attached hydrogen (secondary N) is 2. The molecule has 0 aliphatic carbocycles. The SMILES string of the molecule is CCNC(=NCC1CCN(Cc2nc(C)c(C)o2)CC1)NCCOC.I. The van der Waals surface area contributed by atoms with Gasteiger partial charge in [-0.05, 0) is 52.6 Å². The second kappa shape index (κ2) is 12.5. The molecule has 0 spiro atoms. The van der Waals surface area contributed by atoms with E-state index in [1.165, 1.54) is 12.8 Å². The number of hydrogen-bond acceptors (Lipinski definition) is 5. The number of nitrogens with zero attached hydrogens (tertiary/aromatic N) is 3. The molecule has 1 aromatic rings. The third-order valence-corrected chi connectivity index (χ3v) is 4.59. The van der Waals surface area contributed by atoms with E-state index in [1.807, 2.05) is 13.8 Å². The van der Waals surface area contributed by atoms with Crippen LogP contribution >= 0.6 is 24.0 Å². The first-order chi connectivity index (χ1) is 12.1. The van der Waals surface area contributed by atoms with Crippen LogP contribution in [0.5, 0.6) is 0 Å². The summed E-state index contributed by atoms with van der Waals surface area (Å²) in [5.41, 5.74) is 0.996. The molecule has 0 aromatic carbocycles. The van der Waals surface area contributed by atoms with Gasteiger partial charge in [0.25, 0.3) is 0 Å². The summed E-state index contributed by atoms with van der Waals surface area (Å²) in [5.74, 6) is 3.29. The molecule has 1 aliphatic rings. The van der Waals surface area contributed by atoms with Gasteiger partial charge in [-0.25, -0.2) is 4.98 Å². The van der Waals surface area contributed by atoms with Crippen molar-refractivity contribution in [2.24, 2.45) is 10.9 Å².